The molecule has 0 atom stereocenters. The van der Waals surface area contributed by atoms with E-state index in [1.54, 1.807) is 11.4 Å². The number of anilines is 1. The molecule has 0 saturated heterocycles. The van der Waals surface area contributed by atoms with Crippen LogP contribution in [0.5, 0.6) is 0 Å². The number of aryl methyl sites for hydroxylation is 1. The van der Waals surface area contributed by atoms with Crippen molar-refractivity contribution in [3.63, 3.8) is 0 Å². The van der Waals surface area contributed by atoms with Crippen molar-refractivity contribution in [1.82, 2.24) is 14.6 Å². The first-order chi connectivity index (χ1) is 16.2. The Morgan fingerprint density at radius 1 is 1.24 bits per heavy atom. The third-order valence-electron chi connectivity index (χ3n) is 5.37. The number of carbonyl (C=O) groups is 1. The first-order valence-electron chi connectivity index (χ1n) is 9.94. The number of nitriles is 1. The van der Waals surface area contributed by atoms with Crippen molar-refractivity contribution < 1.29 is 18.0 Å². The molecule has 0 unspecified atom stereocenters. The highest BCUT2D eigenvalue weighted by molar-refractivity contribution is 9.11. The van der Waals surface area contributed by atoms with Gasteiger partial charge in [0.15, 0.2) is 17.0 Å². The summed E-state index contributed by atoms with van der Waals surface area (Å²) in [6.07, 6.45) is -1.14. The van der Waals surface area contributed by atoms with E-state index in [1.807, 2.05) is 0 Å². The Kier molecular flexibility index (Phi) is 6.04. The summed E-state index contributed by atoms with van der Waals surface area (Å²) in [5.41, 5.74) is 0.0219. The van der Waals surface area contributed by atoms with Gasteiger partial charge in [-0.2, -0.15) is 23.5 Å². The van der Waals surface area contributed by atoms with Crippen LogP contribution >= 0.6 is 54.5 Å². The van der Waals surface area contributed by atoms with E-state index in [0.717, 1.165) is 46.7 Å². The molecule has 0 fully saturated rings. The minimum atomic E-state index is -4.73. The van der Waals surface area contributed by atoms with Gasteiger partial charge in [-0.25, -0.2) is 9.50 Å². The van der Waals surface area contributed by atoms with Crippen molar-refractivity contribution in [2.75, 3.05) is 5.32 Å². The standard InChI is InChI=1S/C21H12Br2F3N5OS2/c22-9-5-14(33-8-9)12-6-15(21(24,25)26)31-18(28-12)16(23)17(30-31)19(32)29-20-11(7-27)10-3-1-2-4-13(10)34-20/h5-6,8H,1-4H2,(H,29,32). The number of halogens is 5. The molecule has 5 rings (SSSR count). The lowest BCUT2D eigenvalue weighted by molar-refractivity contribution is -0.142. The van der Waals surface area contributed by atoms with E-state index in [-0.39, 0.29) is 21.5 Å². The number of carbonyl (C=O) groups excluding carboxylic acids is 1. The van der Waals surface area contributed by atoms with Crippen LogP contribution in [0.4, 0.5) is 18.2 Å². The molecule has 0 aliphatic heterocycles. The molecule has 1 aliphatic carbocycles. The third-order valence-corrected chi connectivity index (χ3v) is 9.02. The second kappa shape index (κ2) is 8.75. The van der Waals surface area contributed by atoms with Crippen LogP contribution in [0.1, 0.15) is 45.0 Å². The van der Waals surface area contributed by atoms with Crippen LogP contribution in [-0.2, 0) is 19.0 Å². The zero-order chi connectivity index (χ0) is 24.2. The predicted octanol–water partition coefficient (Wildman–Crippen LogP) is 7.07. The van der Waals surface area contributed by atoms with E-state index < -0.39 is 17.8 Å². The number of hydrogen-bond acceptors (Lipinski definition) is 6. The molecule has 1 aliphatic rings. The van der Waals surface area contributed by atoms with Crippen LogP contribution in [0.25, 0.3) is 16.2 Å². The quantitative estimate of drug-likeness (QED) is 0.263. The van der Waals surface area contributed by atoms with Gasteiger partial charge in [0.05, 0.1) is 20.6 Å². The Morgan fingerprint density at radius 3 is 2.68 bits per heavy atom. The molecule has 4 heterocycles. The largest absolute Gasteiger partial charge is 0.433 e. The lowest BCUT2D eigenvalue weighted by Crippen LogP contribution is -2.15. The van der Waals surface area contributed by atoms with Crippen LogP contribution in [0, 0.1) is 11.3 Å². The summed E-state index contributed by atoms with van der Waals surface area (Å²) in [6, 6.07) is 4.73. The van der Waals surface area contributed by atoms with Gasteiger partial charge in [-0.15, -0.1) is 22.7 Å². The van der Waals surface area contributed by atoms with Crippen molar-refractivity contribution >= 4 is 71.1 Å². The van der Waals surface area contributed by atoms with Crippen molar-refractivity contribution in [2.24, 2.45) is 0 Å². The smallest absolute Gasteiger partial charge is 0.311 e. The summed E-state index contributed by atoms with van der Waals surface area (Å²) in [4.78, 5) is 19.0. The molecule has 0 bridgehead atoms. The summed E-state index contributed by atoms with van der Waals surface area (Å²) in [5, 5.41) is 18.4. The summed E-state index contributed by atoms with van der Waals surface area (Å²) in [6.45, 7) is 0. The number of thiophene rings is 2. The number of aromatic nitrogens is 3. The maximum absolute atomic E-state index is 13.9. The maximum Gasteiger partial charge on any atom is 0.433 e. The Bertz CT molecular complexity index is 1500. The Morgan fingerprint density at radius 2 is 2.00 bits per heavy atom. The summed E-state index contributed by atoms with van der Waals surface area (Å²) in [5.74, 6) is -0.721. The van der Waals surface area contributed by atoms with Gasteiger partial charge in [-0.05, 0) is 75.2 Å². The molecule has 4 aromatic rings. The summed E-state index contributed by atoms with van der Waals surface area (Å²) in [7, 11) is 0. The minimum absolute atomic E-state index is 0.0350. The van der Waals surface area contributed by atoms with Gasteiger partial charge in [-0.1, -0.05) is 0 Å². The molecule has 13 heteroatoms. The molecule has 34 heavy (non-hydrogen) atoms. The van der Waals surface area contributed by atoms with Crippen molar-refractivity contribution in [2.45, 2.75) is 31.9 Å². The number of alkyl halides is 3. The van der Waals surface area contributed by atoms with Gasteiger partial charge in [0.1, 0.15) is 11.1 Å². The number of nitrogens with zero attached hydrogens (tertiary/aromatic N) is 4. The average Bonchev–Trinajstić information content (AvgIpc) is 3.47. The second-order valence-corrected chi connectivity index (χ2v) is 11.3. The predicted molar refractivity (Wildman–Crippen MR) is 130 cm³/mol. The highest BCUT2D eigenvalue weighted by atomic mass is 79.9. The average molecular weight is 631 g/mol. The van der Waals surface area contributed by atoms with Gasteiger partial charge < -0.3 is 5.32 Å². The third kappa shape index (κ3) is 4.06. The van der Waals surface area contributed by atoms with Gasteiger partial charge in [0.2, 0.25) is 0 Å². The fraction of sp³-hybridized carbons (Fsp3) is 0.238. The molecule has 0 saturated carbocycles. The molecule has 0 spiro atoms. The van der Waals surface area contributed by atoms with Gasteiger partial charge in [-0.3, -0.25) is 4.79 Å². The lowest BCUT2D eigenvalue weighted by Gasteiger charge is -2.10. The first-order valence-corrected chi connectivity index (χ1v) is 13.2. The topological polar surface area (TPSA) is 83.1 Å². The van der Waals surface area contributed by atoms with Crippen LogP contribution in [0.2, 0.25) is 0 Å². The molecule has 0 aromatic carbocycles. The number of rotatable bonds is 3. The van der Waals surface area contributed by atoms with E-state index in [1.165, 1.54) is 22.7 Å². The van der Waals surface area contributed by atoms with Gasteiger partial charge >= 0.3 is 6.18 Å². The monoisotopic (exact) mass is 629 g/mol. The molecular weight excluding hydrogens is 619 g/mol. The number of nitrogens with one attached hydrogen (secondary N) is 1. The Balaban J connectivity index is 1.60. The zero-order valence-electron chi connectivity index (χ0n) is 17.0. The maximum atomic E-state index is 13.9. The van der Waals surface area contributed by atoms with E-state index in [2.05, 4.69) is 53.3 Å². The second-order valence-electron chi connectivity index (χ2n) is 7.53. The van der Waals surface area contributed by atoms with Crippen LogP contribution < -0.4 is 5.32 Å². The highest BCUT2D eigenvalue weighted by Crippen LogP contribution is 2.39. The van der Waals surface area contributed by atoms with E-state index >= 15 is 0 Å². The van der Waals surface area contributed by atoms with Crippen molar-refractivity contribution in [1.29, 1.82) is 5.26 Å². The van der Waals surface area contributed by atoms with Crippen LogP contribution in [0.15, 0.2) is 26.5 Å². The van der Waals surface area contributed by atoms with Crippen molar-refractivity contribution in [3.05, 3.63) is 53.9 Å². The van der Waals surface area contributed by atoms with Crippen molar-refractivity contribution in [3.8, 4) is 16.6 Å². The normalized spacial score (nSPS) is 13.6. The summed E-state index contributed by atoms with van der Waals surface area (Å²) >= 11 is 9.09. The van der Waals surface area contributed by atoms with Crippen LogP contribution in [-0.4, -0.2) is 20.5 Å². The first kappa shape index (κ1) is 23.5. The summed E-state index contributed by atoms with van der Waals surface area (Å²) < 4.78 is 43.1. The fourth-order valence-electron chi connectivity index (χ4n) is 3.85. The molecule has 6 nitrogen and oxygen atoms in total. The van der Waals surface area contributed by atoms with E-state index in [4.69, 9.17) is 0 Å². The molecule has 1 amide bonds. The number of hydrogen-bond donors (Lipinski definition) is 1. The molecule has 4 aromatic heterocycles. The van der Waals surface area contributed by atoms with Crippen LogP contribution in [0.3, 0.4) is 0 Å². The number of fused-ring (bicyclic) bond motifs is 2. The lowest BCUT2D eigenvalue weighted by atomic mass is 9.96. The molecule has 174 valence electrons. The SMILES string of the molecule is N#Cc1c(NC(=O)c2nn3c(C(F)(F)F)cc(-c4cc(Br)cs4)nc3c2Br)sc2c1CCCC2. The highest BCUT2D eigenvalue weighted by Gasteiger charge is 2.37. The fourth-order valence-corrected chi connectivity index (χ4v) is 6.99. The minimum Gasteiger partial charge on any atom is -0.311 e. The molecule has 0 radical (unpaired) electrons. The van der Waals surface area contributed by atoms with E-state index in [0.29, 0.717) is 20.0 Å². The van der Waals surface area contributed by atoms with Gasteiger partial charge in [0, 0.05) is 14.7 Å². The van der Waals surface area contributed by atoms with Gasteiger partial charge in [0.25, 0.3) is 5.91 Å². The number of amides is 1. The Hall–Kier alpha value is -2.27. The zero-order valence-corrected chi connectivity index (χ0v) is 21.8. The molecule has 1 N–H and O–H groups in total. The Labute approximate surface area is 215 Å². The van der Waals surface area contributed by atoms with E-state index in [9.17, 15) is 23.2 Å². The molecular formula is C21H12Br2F3N5OS2.